The molecule has 4 nitrogen and oxygen atoms in total. The number of hydrogen-bond acceptors (Lipinski definition) is 5. The van der Waals surface area contributed by atoms with Crippen molar-refractivity contribution in [1.29, 1.82) is 0 Å². The van der Waals surface area contributed by atoms with E-state index in [1.54, 1.807) is 11.3 Å². The van der Waals surface area contributed by atoms with Gasteiger partial charge in [-0.25, -0.2) is 0 Å². The van der Waals surface area contributed by atoms with E-state index in [-0.39, 0.29) is 6.61 Å². The van der Waals surface area contributed by atoms with Gasteiger partial charge in [-0.1, -0.05) is 0 Å². The lowest BCUT2D eigenvalue weighted by molar-refractivity contribution is 0.270. The third-order valence-corrected chi connectivity index (χ3v) is 2.86. The highest BCUT2D eigenvalue weighted by molar-refractivity contribution is 7.85. The molecular weight excluding hydrogens is 236 g/mol. The lowest BCUT2D eigenvalue weighted by Gasteiger charge is -2.03. The van der Waals surface area contributed by atoms with Gasteiger partial charge in [0.15, 0.2) is 0 Å². The molecule has 1 rings (SSSR count). The van der Waals surface area contributed by atoms with Crippen molar-refractivity contribution in [3.8, 4) is 5.75 Å². The fourth-order valence-electron chi connectivity index (χ4n) is 0.939. The average Bonchev–Trinajstić information content (AvgIpc) is 2.61. The quantitative estimate of drug-likeness (QED) is 0.547. The molecule has 0 aromatic carbocycles. The van der Waals surface area contributed by atoms with Crippen LogP contribution >= 0.6 is 11.3 Å². The van der Waals surface area contributed by atoms with E-state index < -0.39 is 10.1 Å². The maximum absolute atomic E-state index is 10.6. The molecule has 0 atom stereocenters. The fraction of sp³-hybridized carbons (Fsp3) is 0.556. The molecule has 0 radical (unpaired) electrons. The van der Waals surface area contributed by atoms with Crippen LogP contribution in [0.4, 0.5) is 0 Å². The first-order chi connectivity index (χ1) is 7.08. The lowest BCUT2D eigenvalue weighted by atomic mass is 10.3. The summed E-state index contributed by atoms with van der Waals surface area (Å²) in [5, 5.41) is 3.87. The summed E-state index contributed by atoms with van der Waals surface area (Å²) in [6, 6.07) is 1.90. The van der Waals surface area contributed by atoms with Gasteiger partial charge in [-0.05, 0) is 24.3 Å². The van der Waals surface area contributed by atoms with Gasteiger partial charge in [-0.2, -0.15) is 8.42 Å². The minimum Gasteiger partial charge on any atom is -0.493 e. The van der Waals surface area contributed by atoms with Gasteiger partial charge in [0.2, 0.25) is 0 Å². The third-order valence-electron chi connectivity index (χ3n) is 1.60. The Morgan fingerprint density at radius 1 is 1.33 bits per heavy atom. The van der Waals surface area contributed by atoms with Gasteiger partial charge in [0, 0.05) is 5.38 Å². The zero-order valence-corrected chi connectivity index (χ0v) is 10.1. The van der Waals surface area contributed by atoms with Crippen LogP contribution in [-0.2, 0) is 14.3 Å². The van der Waals surface area contributed by atoms with Crippen molar-refractivity contribution >= 4 is 21.5 Å². The highest BCUT2D eigenvalue weighted by Gasteiger charge is 2.00. The Morgan fingerprint density at radius 2 is 2.07 bits per heavy atom. The van der Waals surface area contributed by atoms with Gasteiger partial charge < -0.3 is 4.74 Å². The molecule has 1 heterocycles. The number of thiophene rings is 1. The SMILES string of the molecule is CS(=O)(=O)OCCCCOc1ccsc1. The first-order valence-electron chi connectivity index (χ1n) is 4.57. The van der Waals surface area contributed by atoms with Gasteiger partial charge in [-0.3, -0.25) is 4.18 Å². The molecule has 15 heavy (non-hydrogen) atoms. The van der Waals surface area contributed by atoms with Crippen molar-refractivity contribution in [2.24, 2.45) is 0 Å². The Labute approximate surface area is 94.0 Å². The summed E-state index contributed by atoms with van der Waals surface area (Å²) in [6.07, 6.45) is 2.51. The predicted molar refractivity (Wildman–Crippen MR) is 59.8 cm³/mol. The second kappa shape index (κ2) is 6.09. The largest absolute Gasteiger partial charge is 0.493 e. The molecule has 0 fully saturated rings. The van der Waals surface area contributed by atoms with Crippen molar-refractivity contribution in [2.75, 3.05) is 19.5 Å². The molecule has 0 aliphatic carbocycles. The zero-order chi connectivity index (χ0) is 11.1. The van der Waals surface area contributed by atoms with Crippen molar-refractivity contribution < 1.29 is 17.3 Å². The molecule has 0 aliphatic rings. The number of rotatable bonds is 7. The van der Waals surface area contributed by atoms with E-state index in [0.717, 1.165) is 18.4 Å². The summed E-state index contributed by atoms with van der Waals surface area (Å²) >= 11 is 1.58. The number of hydrogen-bond donors (Lipinski definition) is 0. The Hall–Kier alpha value is -0.590. The summed E-state index contributed by atoms with van der Waals surface area (Å²) in [5.74, 6) is 0.865. The zero-order valence-electron chi connectivity index (χ0n) is 8.51. The van der Waals surface area contributed by atoms with Crippen molar-refractivity contribution in [3.63, 3.8) is 0 Å². The Kier molecular flexibility index (Phi) is 5.07. The predicted octanol–water partition coefficient (Wildman–Crippen LogP) is 1.88. The van der Waals surface area contributed by atoms with Crippen LogP contribution in [-0.4, -0.2) is 27.9 Å². The molecule has 1 aromatic rings. The van der Waals surface area contributed by atoms with Crippen LogP contribution in [0.1, 0.15) is 12.8 Å². The normalized spacial score (nSPS) is 11.5. The summed E-state index contributed by atoms with van der Waals surface area (Å²) in [7, 11) is -3.29. The van der Waals surface area contributed by atoms with Crippen LogP contribution in [0.3, 0.4) is 0 Å². The summed E-state index contributed by atoms with van der Waals surface area (Å²) in [6.45, 7) is 0.815. The topological polar surface area (TPSA) is 52.6 Å². The maximum Gasteiger partial charge on any atom is 0.264 e. The molecule has 0 aliphatic heterocycles. The van der Waals surface area contributed by atoms with Crippen LogP contribution in [0.15, 0.2) is 16.8 Å². The Bertz CT molecular complexity index is 355. The van der Waals surface area contributed by atoms with E-state index in [4.69, 9.17) is 4.74 Å². The lowest BCUT2D eigenvalue weighted by Crippen LogP contribution is -2.05. The summed E-state index contributed by atoms with van der Waals surface area (Å²) < 4.78 is 31.2. The smallest absolute Gasteiger partial charge is 0.264 e. The molecule has 0 N–H and O–H groups in total. The molecule has 0 saturated carbocycles. The average molecular weight is 250 g/mol. The molecule has 1 aromatic heterocycles. The highest BCUT2D eigenvalue weighted by Crippen LogP contribution is 2.14. The number of ether oxygens (including phenoxy) is 1. The van der Waals surface area contributed by atoms with Crippen molar-refractivity contribution in [3.05, 3.63) is 16.8 Å². The molecular formula is C9H14O4S2. The van der Waals surface area contributed by atoms with Gasteiger partial charge in [0.1, 0.15) is 5.75 Å². The Balaban J connectivity index is 1.99. The molecule has 86 valence electrons. The van der Waals surface area contributed by atoms with Crippen LogP contribution in [0.2, 0.25) is 0 Å². The fourth-order valence-corrected chi connectivity index (χ4v) is 1.93. The first-order valence-corrected chi connectivity index (χ1v) is 7.33. The summed E-state index contributed by atoms with van der Waals surface area (Å²) in [5.41, 5.74) is 0. The molecule has 6 heteroatoms. The van der Waals surface area contributed by atoms with E-state index in [1.807, 2.05) is 16.8 Å². The van der Waals surface area contributed by atoms with E-state index in [9.17, 15) is 8.42 Å². The highest BCUT2D eigenvalue weighted by atomic mass is 32.2. The second-order valence-corrected chi connectivity index (χ2v) is 5.46. The van der Waals surface area contributed by atoms with Gasteiger partial charge in [-0.15, -0.1) is 11.3 Å². The third kappa shape index (κ3) is 6.48. The maximum atomic E-state index is 10.6. The van der Waals surface area contributed by atoms with Crippen LogP contribution in [0.25, 0.3) is 0 Å². The molecule has 0 bridgehead atoms. The molecule has 0 unspecified atom stereocenters. The minimum absolute atomic E-state index is 0.228. The number of unbranched alkanes of at least 4 members (excludes halogenated alkanes) is 1. The van der Waals surface area contributed by atoms with Crippen LogP contribution in [0, 0.1) is 0 Å². The van der Waals surface area contributed by atoms with E-state index >= 15 is 0 Å². The van der Waals surface area contributed by atoms with E-state index in [1.165, 1.54) is 0 Å². The minimum atomic E-state index is -3.29. The van der Waals surface area contributed by atoms with Gasteiger partial charge in [0.25, 0.3) is 10.1 Å². The monoisotopic (exact) mass is 250 g/mol. The Morgan fingerprint density at radius 3 is 2.67 bits per heavy atom. The standard InChI is InChI=1S/C9H14O4S2/c1-15(10,11)13-6-3-2-5-12-9-4-7-14-8-9/h4,7-8H,2-3,5-6H2,1H3. The van der Waals surface area contributed by atoms with Crippen LogP contribution in [0.5, 0.6) is 5.75 Å². The molecule has 0 saturated heterocycles. The first kappa shape index (κ1) is 12.5. The van der Waals surface area contributed by atoms with E-state index in [0.29, 0.717) is 13.0 Å². The second-order valence-electron chi connectivity index (χ2n) is 3.04. The van der Waals surface area contributed by atoms with Crippen molar-refractivity contribution in [2.45, 2.75) is 12.8 Å². The molecule has 0 spiro atoms. The van der Waals surface area contributed by atoms with Gasteiger partial charge >= 0.3 is 0 Å². The molecule has 0 amide bonds. The van der Waals surface area contributed by atoms with Gasteiger partial charge in [0.05, 0.1) is 19.5 Å². The van der Waals surface area contributed by atoms with E-state index in [2.05, 4.69) is 4.18 Å². The van der Waals surface area contributed by atoms with Crippen LogP contribution < -0.4 is 4.74 Å². The van der Waals surface area contributed by atoms with Crippen molar-refractivity contribution in [1.82, 2.24) is 0 Å². The summed E-state index contributed by atoms with van der Waals surface area (Å²) in [4.78, 5) is 0.